The molecule has 2 aliphatic rings. The number of likely N-dealkylation sites (tertiary alicyclic amines) is 1. The van der Waals surface area contributed by atoms with E-state index in [4.69, 9.17) is 4.99 Å². The number of anilines is 1. The van der Waals surface area contributed by atoms with Crippen LogP contribution in [0.15, 0.2) is 72.5 Å². The number of halogens is 1. The Balaban J connectivity index is 1.28. The van der Waals surface area contributed by atoms with Gasteiger partial charge in [0.1, 0.15) is 11.5 Å². The Morgan fingerprint density at radius 3 is 2.72 bits per heavy atom. The van der Waals surface area contributed by atoms with E-state index in [1.165, 1.54) is 30.5 Å². The van der Waals surface area contributed by atoms with Crippen LogP contribution >= 0.6 is 0 Å². The van der Waals surface area contributed by atoms with E-state index in [0.29, 0.717) is 12.2 Å². The number of fused-ring (bicyclic) bond motifs is 1. The fourth-order valence-corrected chi connectivity index (χ4v) is 5.34. The number of aliphatic imine (C=N–C) groups is 1. The molecule has 7 heteroatoms. The van der Waals surface area contributed by atoms with Gasteiger partial charge in [-0.15, -0.1) is 0 Å². The lowest BCUT2D eigenvalue weighted by Gasteiger charge is -2.15. The molecule has 4 aromatic rings. The van der Waals surface area contributed by atoms with E-state index in [1.807, 2.05) is 43.6 Å². The Hall–Kier alpha value is -4.36. The number of pyridine rings is 1. The Kier molecular flexibility index (Phi) is 6.90. The molecule has 4 heterocycles. The molecule has 0 aliphatic carbocycles. The van der Waals surface area contributed by atoms with Crippen LogP contribution in [-0.2, 0) is 6.54 Å². The zero-order chi connectivity index (χ0) is 26.8. The maximum atomic E-state index is 13.5. The number of aromatic nitrogens is 3. The molecule has 0 radical (unpaired) electrons. The minimum absolute atomic E-state index is 0.247. The summed E-state index contributed by atoms with van der Waals surface area (Å²) in [5.74, 6) is -0.247. The number of nitrogens with zero attached hydrogens (tertiary/aromatic N) is 4. The van der Waals surface area contributed by atoms with E-state index in [1.54, 1.807) is 12.1 Å². The van der Waals surface area contributed by atoms with Crippen molar-refractivity contribution in [3.05, 3.63) is 106 Å². The van der Waals surface area contributed by atoms with Gasteiger partial charge in [0.05, 0.1) is 23.3 Å². The second kappa shape index (κ2) is 10.8. The van der Waals surface area contributed by atoms with Gasteiger partial charge in [0, 0.05) is 35.4 Å². The molecule has 39 heavy (non-hydrogen) atoms. The number of nitrogens with one attached hydrogen (secondary N) is 2. The molecule has 196 valence electrons. The van der Waals surface area contributed by atoms with Gasteiger partial charge in [-0.2, -0.15) is 5.10 Å². The van der Waals surface area contributed by atoms with Crippen molar-refractivity contribution in [3.8, 4) is 11.1 Å². The van der Waals surface area contributed by atoms with Crippen LogP contribution in [-0.4, -0.2) is 45.4 Å². The third kappa shape index (κ3) is 5.31. The maximum absolute atomic E-state index is 13.5. The monoisotopic (exact) mass is 518 g/mol. The first-order valence-electron chi connectivity index (χ1n) is 13.3. The molecule has 0 atom stereocenters. The van der Waals surface area contributed by atoms with E-state index in [9.17, 15) is 4.39 Å². The summed E-state index contributed by atoms with van der Waals surface area (Å²) in [6, 6.07) is 14.8. The van der Waals surface area contributed by atoms with Crippen LogP contribution in [0.1, 0.15) is 35.2 Å². The van der Waals surface area contributed by atoms with Gasteiger partial charge in [-0.05, 0) is 91.5 Å². The van der Waals surface area contributed by atoms with Crippen LogP contribution < -0.4 is 15.9 Å². The molecule has 0 unspecified atom stereocenters. The number of rotatable bonds is 7. The molecule has 0 saturated carbocycles. The lowest BCUT2D eigenvalue weighted by Crippen LogP contribution is -2.26. The molecule has 1 saturated heterocycles. The highest BCUT2D eigenvalue weighted by atomic mass is 19.1. The van der Waals surface area contributed by atoms with Gasteiger partial charge in [0.25, 0.3) is 0 Å². The third-order valence-corrected chi connectivity index (χ3v) is 7.43. The summed E-state index contributed by atoms with van der Waals surface area (Å²) in [4.78, 5) is 11.8. The standard InChI is InChI=1S/C32H31FN6/c1-21-27(24-8-10-26(33)11-9-24)6-5-7-29(21)36-22(2)32-28-17-31(35-13-12-30(28)37-38-32)25-16-23(18-34-19-25)20-39-14-3-4-15-39/h5-12,16-19,36-37H,2-4,13-15,20H2,1H3. The van der Waals surface area contributed by atoms with E-state index in [0.717, 1.165) is 69.5 Å². The van der Waals surface area contributed by atoms with Crippen LogP contribution in [0.25, 0.3) is 29.0 Å². The van der Waals surface area contributed by atoms with Crippen molar-refractivity contribution in [2.75, 3.05) is 25.0 Å². The van der Waals surface area contributed by atoms with Gasteiger partial charge in [-0.1, -0.05) is 30.8 Å². The smallest absolute Gasteiger partial charge is 0.123 e. The molecule has 2 aromatic carbocycles. The Morgan fingerprint density at radius 1 is 1.08 bits per heavy atom. The number of aromatic amines is 1. The summed E-state index contributed by atoms with van der Waals surface area (Å²) in [6.07, 6.45) is 10.5. The van der Waals surface area contributed by atoms with Crippen LogP contribution in [0.3, 0.4) is 0 Å². The van der Waals surface area contributed by atoms with Crippen molar-refractivity contribution in [1.29, 1.82) is 0 Å². The summed E-state index contributed by atoms with van der Waals surface area (Å²) in [6.45, 7) is 10.1. The normalized spacial score (nSPS) is 15.1. The van der Waals surface area contributed by atoms with E-state index >= 15 is 0 Å². The molecule has 0 bridgehead atoms. The van der Waals surface area contributed by atoms with Crippen molar-refractivity contribution in [3.63, 3.8) is 0 Å². The Bertz CT molecular complexity index is 1680. The number of H-pyrrole nitrogens is 1. The highest BCUT2D eigenvalue weighted by Crippen LogP contribution is 2.30. The molecular formula is C32H31FN6. The van der Waals surface area contributed by atoms with Crippen molar-refractivity contribution >= 4 is 29.2 Å². The fraction of sp³-hybridized carbons (Fsp3) is 0.219. The average molecular weight is 519 g/mol. The average Bonchev–Trinajstić information content (AvgIpc) is 3.55. The molecular weight excluding hydrogens is 487 g/mol. The summed E-state index contributed by atoms with van der Waals surface area (Å²) < 4.78 is 13.5. The molecule has 2 aromatic heterocycles. The summed E-state index contributed by atoms with van der Waals surface area (Å²) in [5, 5.41) is 13.1. The predicted molar refractivity (Wildman–Crippen MR) is 156 cm³/mol. The number of hydrogen-bond donors (Lipinski definition) is 2. The van der Waals surface area contributed by atoms with Gasteiger partial charge in [-0.25, -0.2) is 4.39 Å². The summed E-state index contributed by atoms with van der Waals surface area (Å²) in [5.41, 5.74) is 8.46. The van der Waals surface area contributed by atoms with Gasteiger partial charge in [-0.3, -0.25) is 20.0 Å². The van der Waals surface area contributed by atoms with E-state index in [2.05, 4.69) is 44.1 Å². The van der Waals surface area contributed by atoms with Crippen molar-refractivity contribution in [2.45, 2.75) is 26.3 Å². The molecule has 6 rings (SSSR count). The lowest BCUT2D eigenvalue weighted by molar-refractivity contribution is 0.331. The highest BCUT2D eigenvalue weighted by molar-refractivity contribution is 6.21. The molecule has 0 spiro atoms. The topological polar surface area (TPSA) is 69.2 Å². The summed E-state index contributed by atoms with van der Waals surface area (Å²) >= 11 is 0. The van der Waals surface area contributed by atoms with Gasteiger partial charge in [0.15, 0.2) is 0 Å². The second-order valence-electron chi connectivity index (χ2n) is 10.1. The van der Waals surface area contributed by atoms with E-state index in [-0.39, 0.29) is 5.82 Å². The minimum atomic E-state index is -0.247. The third-order valence-electron chi connectivity index (χ3n) is 7.43. The zero-order valence-corrected chi connectivity index (χ0v) is 22.0. The van der Waals surface area contributed by atoms with Crippen LogP contribution in [0.5, 0.6) is 0 Å². The van der Waals surface area contributed by atoms with Crippen molar-refractivity contribution in [2.24, 2.45) is 4.99 Å². The van der Waals surface area contributed by atoms with Crippen LogP contribution in [0.2, 0.25) is 0 Å². The van der Waals surface area contributed by atoms with Crippen LogP contribution in [0, 0.1) is 12.7 Å². The van der Waals surface area contributed by atoms with E-state index < -0.39 is 0 Å². The second-order valence-corrected chi connectivity index (χ2v) is 10.1. The zero-order valence-electron chi connectivity index (χ0n) is 22.0. The number of hydrogen-bond acceptors (Lipinski definition) is 5. The molecule has 2 N–H and O–H groups in total. The molecule has 1 fully saturated rings. The molecule has 6 nitrogen and oxygen atoms in total. The molecule has 2 aliphatic heterocycles. The largest absolute Gasteiger partial charge is 0.354 e. The maximum Gasteiger partial charge on any atom is 0.123 e. The van der Waals surface area contributed by atoms with Crippen LogP contribution in [0.4, 0.5) is 10.1 Å². The van der Waals surface area contributed by atoms with Gasteiger partial charge < -0.3 is 5.32 Å². The first-order chi connectivity index (χ1) is 19.0. The first-order valence-corrected chi connectivity index (χ1v) is 13.3. The van der Waals surface area contributed by atoms with Gasteiger partial charge in [0.2, 0.25) is 0 Å². The fourth-order valence-electron chi connectivity index (χ4n) is 5.34. The predicted octanol–water partition coefficient (Wildman–Crippen LogP) is 4.66. The lowest BCUT2D eigenvalue weighted by atomic mass is 9.99. The van der Waals surface area contributed by atoms with Crippen molar-refractivity contribution in [1.82, 2.24) is 20.1 Å². The van der Waals surface area contributed by atoms with Crippen molar-refractivity contribution < 1.29 is 4.39 Å². The highest BCUT2D eigenvalue weighted by Gasteiger charge is 2.15. The number of benzene rings is 2. The first kappa shape index (κ1) is 24.9. The minimum Gasteiger partial charge on any atom is -0.354 e. The summed E-state index contributed by atoms with van der Waals surface area (Å²) in [7, 11) is 0. The Morgan fingerprint density at radius 2 is 1.90 bits per heavy atom. The quantitative estimate of drug-likeness (QED) is 0.373. The van der Waals surface area contributed by atoms with Gasteiger partial charge >= 0.3 is 0 Å². The Labute approximate surface area is 227 Å². The molecule has 0 amide bonds. The SMILES string of the molecule is C=C(Nc1cccc(-c2ccc(F)cc2)c1C)c1n[nH]c2c1=CC(c1cncc(CN3CCCC3)c1)=NCC=2.